The summed E-state index contributed by atoms with van der Waals surface area (Å²) in [4.78, 5) is 13.9. The molecule has 0 saturated carbocycles. The number of rotatable bonds is 4. The highest BCUT2D eigenvalue weighted by molar-refractivity contribution is 7.98. The highest BCUT2D eigenvalue weighted by Crippen LogP contribution is 2.27. The maximum absolute atomic E-state index is 12.0. The molecule has 1 aliphatic heterocycles. The molecular weight excluding hydrogens is 268 g/mol. The van der Waals surface area contributed by atoms with E-state index < -0.39 is 0 Å². The smallest absolute Gasteiger partial charge is 0.238 e. The van der Waals surface area contributed by atoms with E-state index in [1.807, 2.05) is 29.2 Å². The van der Waals surface area contributed by atoms with Crippen LogP contribution in [0.15, 0.2) is 24.3 Å². The van der Waals surface area contributed by atoms with E-state index in [1.54, 1.807) is 11.8 Å². The fourth-order valence-corrected chi connectivity index (χ4v) is 3.14. The molecule has 1 fully saturated rings. The molecule has 1 aromatic carbocycles. The maximum atomic E-state index is 12.0. The van der Waals surface area contributed by atoms with Gasteiger partial charge in [-0.1, -0.05) is 23.7 Å². The second kappa shape index (κ2) is 5.95. The van der Waals surface area contributed by atoms with Gasteiger partial charge in [-0.15, -0.1) is 0 Å². The molecular formula is C13H17ClN2OS. The van der Waals surface area contributed by atoms with E-state index in [0.717, 1.165) is 11.3 Å². The monoisotopic (exact) mass is 284 g/mol. The molecule has 2 atom stereocenters. The number of hydrogen-bond donors (Lipinski definition) is 1. The van der Waals surface area contributed by atoms with Gasteiger partial charge in [0.1, 0.15) is 6.17 Å². The number of amides is 1. The van der Waals surface area contributed by atoms with Gasteiger partial charge in [0, 0.05) is 16.8 Å². The summed E-state index contributed by atoms with van der Waals surface area (Å²) in [6.45, 7) is 2.48. The van der Waals surface area contributed by atoms with E-state index in [0.29, 0.717) is 11.6 Å². The Hall–Kier alpha value is -0.710. The summed E-state index contributed by atoms with van der Waals surface area (Å²) in [5, 5.41) is 3.95. The van der Waals surface area contributed by atoms with Crippen molar-refractivity contribution in [1.82, 2.24) is 10.2 Å². The number of benzene rings is 1. The van der Waals surface area contributed by atoms with Gasteiger partial charge in [-0.05, 0) is 30.9 Å². The third-order valence-electron chi connectivity index (χ3n) is 3.06. The zero-order chi connectivity index (χ0) is 13.1. The molecule has 0 radical (unpaired) electrons. The highest BCUT2D eigenvalue weighted by Gasteiger charge is 2.34. The maximum Gasteiger partial charge on any atom is 0.238 e. The van der Waals surface area contributed by atoms with Gasteiger partial charge in [0.25, 0.3) is 0 Å². The molecule has 1 saturated heterocycles. The molecule has 0 aromatic heterocycles. The van der Waals surface area contributed by atoms with Crippen LogP contribution in [0.2, 0.25) is 5.02 Å². The Kier molecular flexibility index (Phi) is 4.54. The second-order valence-corrected chi connectivity index (χ2v) is 5.79. The molecule has 1 N–H and O–H groups in total. The molecule has 1 amide bonds. The van der Waals surface area contributed by atoms with Crippen molar-refractivity contribution >= 4 is 29.3 Å². The predicted molar refractivity (Wildman–Crippen MR) is 76.9 cm³/mol. The Morgan fingerprint density at radius 1 is 1.61 bits per heavy atom. The molecule has 2 unspecified atom stereocenters. The molecule has 5 heteroatoms. The van der Waals surface area contributed by atoms with Gasteiger partial charge < -0.3 is 4.90 Å². The summed E-state index contributed by atoms with van der Waals surface area (Å²) in [5.74, 6) is 1.09. The van der Waals surface area contributed by atoms with Gasteiger partial charge in [-0.3, -0.25) is 10.1 Å². The summed E-state index contributed by atoms with van der Waals surface area (Å²) in [6, 6.07) is 7.89. The van der Waals surface area contributed by atoms with Crippen molar-refractivity contribution < 1.29 is 4.79 Å². The average molecular weight is 285 g/mol. The summed E-state index contributed by atoms with van der Waals surface area (Å²) < 4.78 is 0. The van der Waals surface area contributed by atoms with E-state index in [4.69, 9.17) is 11.6 Å². The first-order valence-corrected chi connectivity index (χ1v) is 7.69. The lowest BCUT2D eigenvalue weighted by Gasteiger charge is -2.30. The number of carbonyl (C=O) groups excluding carboxylic acids is 1. The van der Waals surface area contributed by atoms with Crippen molar-refractivity contribution in [3.05, 3.63) is 34.9 Å². The lowest BCUT2D eigenvalue weighted by molar-refractivity contribution is -0.129. The highest BCUT2D eigenvalue weighted by atomic mass is 35.5. The molecule has 1 aromatic rings. The molecule has 98 valence electrons. The summed E-state index contributed by atoms with van der Waals surface area (Å²) in [5.41, 5.74) is 1.04. The summed E-state index contributed by atoms with van der Waals surface area (Å²) >= 11 is 7.76. The second-order valence-electron chi connectivity index (χ2n) is 4.44. The van der Waals surface area contributed by atoms with Crippen LogP contribution in [-0.4, -0.2) is 35.4 Å². The zero-order valence-electron chi connectivity index (χ0n) is 10.5. The SMILES string of the molecule is CSCC(C)N1C(=O)CNC1c1cccc(Cl)c1. The standard InChI is InChI=1S/C13H17ClN2OS/c1-9(8-18-2)16-12(17)7-15-13(16)10-4-3-5-11(14)6-10/h3-6,9,13,15H,7-8H2,1-2H3. The molecule has 1 heterocycles. The van der Waals surface area contributed by atoms with E-state index in [1.165, 1.54) is 0 Å². The van der Waals surface area contributed by atoms with Crippen molar-refractivity contribution in [3.63, 3.8) is 0 Å². The Morgan fingerprint density at radius 3 is 3.06 bits per heavy atom. The lowest BCUT2D eigenvalue weighted by atomic mass is 10.1. The number of hydrogen-bond acceptors (Lipinski definition) is 3. The summed E-state index contributed by atoms with van der Waals surface area (Å²) in [6.07, 6.45) is 2.00. The van der Waals surface area contributed by atoms with Gasteiger partial charge >= 0.3 is 0 Å². The van der Waals surface area contributed by atoms with Gasteiger partial charge in [0.2, 0.25) is 5.91 Å². The van der Waals surface area contributed by atoms with Crippen molar-refractivity contribution in [2.75, 3.05) is 18.6 Å². The van der Waals surface area contributed by atoms with Crippen molar-refractivity contribution in [1.29, 1.82) is 0 Å². The Balaban J connectivity index is 2.23. The molecule has 0 aliphatic carbocycles. The van der Waals surface area contributed by atoms with E-state index in [2.05, 4.69) is 18.5 Å². The third-order valence-corrected chi connectivity index (χ3v) is 4.11. The van der Waals surface area contributed by atoms with Gasteiger partial charge in [-0.2, -0.15) is 11.8 Å². The fourth-order valence-electron chi connectivity index (χ4n) is 2.29. The number of nitrogens with one attached hydrogen (secondary N) is 1. The minimum absolute atomic E-state index is 0.0571. The normalized spacial score (nSPS) is 21.4. The van der Waals surface area contributed by atoms with E-state index in [-0.39, 0.29) is 18.1 Å². The average Bonchev–Trinajstić information content (AvgIpc) is 2.71. The van der Waals surface area contributed by atoms with E-state index in [9.17, 15) is 4.79 Å². The first-order chi connectivity index (χ1) is 8.63. The number of thioether (sulfide) groups is 1. The number of halogens is 1. The van der Waals surface area contributed by atoms with Gasteiger partial charge in [0.15, 0.2) is 0 Å². The van der Waals surface area contributed by atoms with Crippen LogP contribution in [0.4, 0.5) is 0 Å². The molecule has 3 nitrogen and oxygen atoms in total. The van der Waals surface area contributed by atoms with Crippen LogP contribution in [0.25, 0.3) is 0 Å². The zero-order valence-corrected chi connectivity index (χ0v) is 12.1. The molecule has 2 rings (SSSR count). The van der Waals surface area contributed by atoms with Crippen LogP contribution < -0.4 is 5.32 Å². The third kappa shape index (κ3) is 2.82. The van der Waals surface area contributed by atoms with Crippen LogP contribution in [0.3, 0.4) is 0 Å². The fraction of sp³-hybridized carbons (Fsp3) is 0.462. The Labute approximate surface area is 117 Å². The van der Waals surface area contributed by atoms with Gasteiger partial charge in [0.05, 0.1) is 6.54 Å². The largest absolute Gasteiger partial charge is 0.318 e. The predicted octanol–water partition coefficient (Wildman–Crippen LogP) is 2.52. The topological polar surface area (TPSA) is 32.3 Å². The first kappa shape index (κ1) is 13.7. The molecule has 1 aliphatic rings. The van der Waals surface area contributed by atoms with Crippen LogP contribution in [0.1, 0.15) is 18.7 Å². The first-order valence-electron chi connectivity index (χ1n) is 5.92. The van der Waals surface area contributed by atoms with Crippen LogP contribution in [0, 0.1) is 0 Å². The van der Waals surface area contributed by atoms with Gasteiger partial charge in [-0.25, -0.2) is 0 Å². The van der Waals surface area contributed by atoms with Crippen molar-refractivity contribution in [2.24, 2.45) is 0 Å². The summed E-state index contributed by atoms with van der Waals surface area (Å²) in [7, 11) is 0. The Bertz CT molecular complexity index is 441. The minimum Gasteiger partial charge on any atom is -0.318 e. The number of nitrogens with zero attached hydrogens (tertiary/aromatic N) is 1. The quantitative estimate of drug-likeness (QED) is 0.922. The minimum atomic E-state index is -0.0571. The van der Waals surface area contributed by atoms with Crippen molar-refractivity contribution in [3.8, 4) is 0 Å². The van der Waals surface area contributed by atoms with Crippen LogP contribution in [0.5, 0.6) is 0 Å². The van der Waals surface area contributed by atoms with E-state index >= 15 is 0 Å². The molecule has 0 bridgehead atoms. The van der Waals surface area contributed by atoms with Crippen LogP contribution >= 0.6 is 23.4 Å². The van der Waals surface area contributed by atoms with Crippen LogP contribution in [-0.2, 0) is 4.79 Å². The molecule has 18 heavy (non-hydrogen) atoms. The number of carbonyl (C=O) groups is 1. The Morgan fingerprint density at radius 2 is 2.39 bits per heavy atom. The van der Waals surface area contributed by atoms with Crippen molar-refractivity contribution in [2.45, 2.75) is 19.1 Å². The lowest BCUT2D eigenvalue weighted by Crippen LogP contribution is -2.39. The molecule has 0 spiro atoms.